The van der Waals surface area contributed by atoms with Crippen LogP contribution in [0.5, 0.6) is 0 Å². The minimum absolute atomic E-state index is 0. The van der Waals surface area contributed by atoms with Crippen molar-refractivity contribution < 1.29 is 22.4 Å². The summed E-state index contributed by atoms with van der Waals surface area (Å²) in [5.74, 6) is -1.41. The number of benzene rings is 1. The SMILES string of the molecule is CC(Cc1cccc(F)c1)C(=O)NCC(N1CCNCC1)C(F)(F)F.Cl. The van der Waals surface area contributed by atoms with Crippen molar-refractivity contribution in [3.63, 3.8) is 0 Å². The molecule has 0 bridgehead atoms. The van der Waals surface area contributed by atoms with E-state index >= 15 is 0 Å². The first kappa shape index (κ1) is 22.7. The van der Waals surface area contributed by atoms with Crippen LogP contribution in [0.1, 0.15) is 12.5 Å². The molecule has 4 nitrogen and oxygen atoms in total. The molecule has 2 rings (SSSR count). The molecule has 1 heterocycles. The first-order chi connectivity index (χ1) is 11.8. The van der Waals surface area contributed by atoms with Crippen LogP contribution in [0, 0.1) is 11.7 Å². The zero-order valence-corrected chi connectivity index (χ0v) is 15.3. The molecule has 0 spiro atoms. The van der Waals surface area contributed by atoms with Gasteiger partial charge in [-0.05, 0) is 24.1 Å². The molecule has 26 heavy (non-hydrogen) atoms. The monoisotopic (exact) mass is 397 g/mol. The van der Waals surface area contributed by atoms with Crippen LogP contribution in [0.2, 0.25) is 0 Å². The number of nitrogens with one attached hydrogen (secondary N) is 2. The van der Waals surface area contributed by atoms with Crippen molar-refractivity contribution >= 4 is 18.3 Å². The number of amides is 1. The van der Waals surface area contributed by atoms with E-state index in [2.05, 4.69) is 10.6 Å². The summed E-state index contributed by atoms with van der Waals surface area (Å²) in [6.45, 7) is 2.72. The van der Waals surface area contributed by atoms with Gasteiger partial charge in [-0.3, -0.25) is 9.69 Å². The third-order valence-corrected chi connectivity index (χ3v) is 4.32. The average molecular weight is 398 g/mol. The van der Waals surface area contributed by atoms with Crippen LogP contribution < -0.4 is 10.6 Å². The average Bonchev–Trinajstić information content (AvgIpc) is 2.54. The van der Waals surface area contributed by atoms with E-state index in [0.29, 0.717) is 31.7 Å². The van der Waals surface area contributed by atoms with Gasteiger partial charge < -0.3 is 10.6 Å². The lowest BCUT2D eigenvalue weighted by Crippen LogP contribution is -2.57. The number of hydrogen-bond donors (Lipinski definition) is 2. The molecule has 0 aliphatic carbocycles. The van der Waals surface area contributed by atoms with Crippen LogP contribution in [0.25, 0.3) is 0 Å². The van der Waals surface area contributed by atoms with Crippen molar-refractivity contribution in [1.29, 1.82) is 0 Å². The Kier molecular flexibility index (Phi) is 8.79. The molecule has 1 aliphatic heterocycles. The van der Waals surface area contributed by atoms with Crippen LogP contribution in [0.3, 0.4) is 0 Å². The zero-order valence-electron chi connectivity index (χ0n) is 14.5. The van der Waals surface area contributed by atoms with E-state index in [9.17, 15) is 22.4 Å². The first-order valence-corrected chi connectivity index (χ1v) is 8.31. The third kappa shape index (κ3) is 6.74. The Morgan fingerprint density at radius 2 is 1.96 bits per heavy atom. The first-order valence-electron chi connectivity index (χ1n) is 8.31. The summed E-state index contributed by atoms with van der Waals surface area (Å²) in [6.07, 6.45) is -4.13. The van der Waals surface area contributed by atoms with Crippen molar-refractivity contribution in [2.24, 2.45) is 5.92 Å². The van der Waals surface area contributed by atoms with E-state index in [4.69, 9.17) is 0 Å². The predicted octanol–water partition coefficient (Wildman–Crippen LogP) is 2.38. The fraction of sp³-hybridized carbons (Fsp3) is 0.588. The Balaban J connectivity index is 0.00000338. The highest BCUT2D eigenvalue weighted by Crippen LogP contribution is 2.25. The Morgan fingerprint density at radius 1 is 1.31 bits per heavy atom. The number of piperazine rings is 1. The summed E-state index contributed by atoms with van der Waals surface area (Å²) in [7, 11) is 0. The Labute approximate surface area is 156 Å². The van der Waals surface area contributed by atoms with Crippen molar-refractivity contribution in [2.45, 2.75) is 25.6 Å². The standard InChI is InChI=1S/C17H23F4N3O.ClH/c1-12(9-13-3-2-4-14(18)10-13)16(25)23-11-15(17(19,20)21)24-7-5-22-6-8-24;/h2-4,10,12,15,22H,5-9,11H2,1H3,(H,23,25);1H. The molecule has 0 saturated carbocycles. The van der Waals surface area contributed by atoms with Gasteiger partial charge in [-0.1, -0.05) is 19.1 Å². The summed E-state index contributed by atoms with van der Waals surface area (Å²) in [4.78, 5) is 13.5. The molecule has 1 amide bonds. The molecule has 1 aromatic carbocycles. The van der Waals surface area contributed by atoms with Gasteiger partial charge in [-0.25, -0.2) is 4.39 Å². The number of carbonyl (C=O) groups excluding carboxylic acids is 1. The van der Waals surface area contributed by atoms with Gasteiger partial charge >= 0.3 is 6.18 Å². The molecule has 1 saturated heterocycles. The Hall–Kier alpha value is -1.38. The molecule has 1 aromatic rings. The van der Waals surface area contributed by atoms with Gasteiger partial charge in [-0.15, -0.1) is 12.4 Å². The summed E-state index contributed by atoms with van der Waals surface area (Å²) >= 11 is 0. The number of carbonyl (C=O) groups is 1. The maximum atomic E-state index is 13.3. The van der Waals surface area contributed by atoms with E-state index in [0.717, 1.165) is 0 Å². The minimum Gasteiger partial charge on any atom is -0.354 e. The number of hydrogen-bond acceptors (Lipinski definition) is 3. The van der Waals surface area contributed by atoms with Gasteiger partial charge in [0, 0.05) is 38.6 Å². The van der Waals surface area contributed by atoms with Gasteiger partial charge in [0.25, 0.3) is 0 Å². The smallest absolute Gasteiger partial charge is 0.354 e. The van der Waals surface area contributed by atoms with Crippen LogP contribution in [0.15, 0.2) is 24.3 Å². The topological polar surface area (TPSA) is 44.4 Å². The normalized spacial score (nSPS) is 17.9. The van der Waals surface area contributed by atoms with E-state index in [1.165, 1.54) is 17.0 Å². The van der Waals surface area contributed by atoms with Gasteiger partial charge in [0.2, 0.25) is 5.91 Å². The molecule has 2 unspecified atom stereocenters. The fourth-order valence-electron chi connectivity index (χ4n) is 2.93. The van der Waals surface area contributed by atoms with Gasteiger partial charge in [0.15, 0.2) is 0 Å². The second kappa shape index (κ2) is 10.1. The highest BCUT2D eigenvalue weighted by atomic mass is 35.5. The molecule has 148 valence electrons. The second-order valence-corrected chi connectivity index (χ2v) is 6.32. The van der Waals surface area contributed by atoms with Crippen molar-refractivity contribution in [1.82, 2.24) is 15.5 Å². The number of rotatable bonds is 6. The van der Waals surface area contributed by atoms with E-state index in [-0.39, 0.29) is 18.8 Å². The zero-order chi connectivity index (χ0) is 18.4. The number of halogens is 5. The van der Waals surface area contributed by atoms with Crippen LogP contribution in [-0.4, -0.2) is 55.7 Å². The highest BCUT2D eigenvalue weighted by Gasteiger charge is 2.43. The fourth-order valence-corrected chi connectivity index (χ4v) is 2.93. The van der Waals surface area contributed by atoms with Crippen molar-refractivity contribution in [3.8, 4) is 0 Å². The van der Waals surface area contributed by atoms with E-state index in [1.807, 2.05) is 0 Å². The molecule has 2 atom stereocenters. The molecule has 9 heteroatoms. The lowest BCUT2D eigenvalue weighted by atomic mass is 10.00. The second-order valence-electron chi connectivity index (χ2n) is 6.32. The molecular weight excluding hydrogens is 374 g/mol. The van der Waals surface area contributed by atoms with Gasteiger partial charge in [0.1, 0.15) is 11.9 Å². The van der Waals surface area contributed by atoms with Crippen molar-refractivity contribution in [3.05, 3.63) is 35.6 Å². The molecule has 1 aliphatic rings. The van der Waals surface area contributed by atoms with Gasteiger partial charge in [0.05, 0.1) is 0 Å². The summed E-state index contributed by atoms with van der Waals surface area (Å²) in [5.41, 5.74) is 0.636. The predicted molar refractivity (Wildman–Crippen MR) is 93.8 cm³/mol. The van der Waals surface area contributed by atoms with Crippen LogP contribution in [-0.2, 0) is 11.2 Å². The molecule has 1 fully saturated rings. The lowest BCUT2D eigenvalue weighted by Gasteiger charge is -2.36. The summed E-state index contributed by atoms with van der Waals surface area (Å²) in [5, 5.41) is 5.42. The number of alkyl halides is 3. The Morgan fingerprint density at radius 3 is 2.54 bits per heavy atom. The maximum absolute atomic E-state index is 13.3. The van der Waals surface area contributed by atoms with E-state index < -0.39 is 36.4 Å². The molecular formula is C17H24ClF4N3O. The van der Waals surface area contributed by atoms with Crippen LogP contribution >= 0.6 is 12.4 Å². The minimum atomic E-state index is -4.41. The maximum Gasteiger partial charge on any atom is 0.405 e. The molecule has 0 aromatic heterocycles. The largest absolute Gasteiger partial charge is 0.405 e. The molecule has 2 N–H and O–H groups in total. The van der Waals surface area contributed by atoms with Gasteiger partial charge in [-0.2, -0.15) is 13.2 Å². The van der Waals surface area contributed by atoms with Crippen molar-refractivity contribution in [2.75, 3.05) is 32.7 Å². The molecule has 0 radical (unpaired) electrons. The number of nitrogens with zero attached hydrogens (tertiary/aromatic N) is 1. The highest BCUT2D eigenvalue weighted by molar-refractivity contribution is 5.85. The third-order valence-electron chi connectivity index (χ3n) is 4.32. The summed E-state index contributed by atoms with van der Waals surface area (Å²) in [6, 6.07) is 4.16. The Bertz CT molecular complexity index is 579. The van der Waals surface area contributed by atoms with E-state index in [1.54, 1.807) is 19.1 Å². The lowest BCUT2D eigenvalue weighted by molar-refractivity contribution is -0.184. The van der Waals surface area contributed by atoms with Crippen LogP contribution in [0.4, 0.5) is 17.6 Å². The summed E-state index contributed by atoms with van der Waals surface area (Å²) < 4.78 is 53.1. The quantitative estimate of drug-likeness (QED) is 0.724.